The molecule has 0 bridgehead atoms. The molecule has 94 valence electrons. The average Bonchev–Trinajstić information content (AvgIpc) is 3.02. The highest BCUT2D eigenvalue weighted by Crippen LogP contribution is 2.26. The van der Waals surface area contributed by atoms with Gasteiger partial charge in [-0.15, -0.1) is 10.2 Å². The summed E-state index contributed by atoms with van der Waals surface area (Å²) in [4.78, 5) is 11.4. The lowest BCUT2D eigenvalue weighted by atomic mass is 9.87. The smallest absolute Gasteiger partial charge is 0.189 e. The molecule has 0 spiro atoms. The van der Waals surface area contributed by atoms with E-state index in [0.29, 0.717) is 12.2 Å². The average molecular weight is 245 g/mol. The summed E-state index contributed by atoms with van der Waals surface area (Å²) < 4.78 is 1.89. The van der Waals surface area contributed by atoms with Crippen molar-refractivity contribution >= 4 is 16.8 Å². The Morgan fingerprint density at radius 1 is 1.39 bits per heavy atom. The minimum atomic E-state index is -0.200. The van der Waals surface area contributed by atoms with Crippen LogP contribution in [0.3, 0.4) is 0 Å². The van der Waals surface area contributed by atoms with Gasteiger partial charge in [0.25, 0.3) is 0 Å². The van der Waals surface area contributed by atoms with Crippen molar-refractivity contribution in [2.45, 2.75) is 25.7 Å². The molecule has 18 heavy (non-hydrogen) atoms. The monoisotopic (exact) mass is 245 g/mol. The highest BCUT2D eigenvalue weighted by Gasteiger charge is 2.29. The zero-order valence-corrected chi connectivity index (χ0v) is 10.4. The first-order valence-corrected chi connectivity index (χ1v) is 5.93. The minimum absolute atomic E-state index is 0.200. The summed E-state index contributed by atoms with van der Waals surface area (Å²) in [7, 11) is 0. The van der Waals surface area contributed by atoms with Crippen molar-refractivity contribution in [1.82, 2.24) is 29.5 Å². The first kappa shape index (κ1) is 11.1. The van der Waals surface area contributed by atoms with E-state index in [0.717, 1.165) is 23.4 Å². The van der Waals surface area contributed by atoms with Crippen LogP contribution in [0.1, 0.15) is 26.1 Å². The Kier molecular flexibility index (Phi) is 2.30. The number of imidazole rings is 1. The van der Waals surface area contributed by atoms with Crippen molar-refractivity contribution in [2.75, 3.05) is 6.54 Å². The zero-order chi connectivity index (χ0) is 12.8. The van der Waals surface area contributed by atoms with Gasteiger partial charge in [0, 0.05) is 12.0 Å². The van der Waals surface area contributed by atoms with Crippen molar-refractivity contribution in [3.05, 3.63) is 18.5 Å². The number of rotatable bonds is 3. The molecule has 0 saturated carbocycles. The Morgan fingerprint density at radius 3 is 2.94 bits per heavy atom. The van der Waals surface area contributed by atoms with Crippen LogP contribution in [0.25, 0.3) is 16.8 Å². The highest BCUT2D eigenvalue weighted by atomic mass is 15.3. The van der Waals surface area contributed by atoms with Crippen LogP contribution >= 0.6 is 0 Å². The summed E-state index contributed by atoms with van der Waals surface area (Å²) in [5, 5.41) is 8.51. The van der Waals surface area contributed by atoms with Gasteiger partial charge in [0.15, 0.2) is 11.3 Å². The molecule has 0 radical (unpaired) electrons. The van der Waals surface area contributed by atoms with Gasteiger partial charge in [-0.2, -0.15) is 0 Å². The van der Waals surface area contributed by atoms with Crippen molar-refractivity contribution in [1.29, 1.82) is 0 Å². The number of hydrogen-bond donors (Lipinski definition) is 2. The highest BCUT2D eigenvalue weighted by molar-refractivity contribution is 5.84. The lowest BCUT2D eigenvalue weighted by Gasteiger charge is -2.23. The Morgan fingerprint density at radius 2 is 2.22 bits per heavy atom. The number of nitrogens with zero attached hydrogens (tertiary/aromatic N) is 5. The van der Waals surface area contributed by atoms with Crippen LogP contribution in [0, 0.1) is 0 Å². The third-order valence-corrected chi connectivity index (χ3v) is 3.60. The molecule has 3 aromatic heterocycles. The third-order valence-electron chi connectivity index (χ3n) is 3.60. The van der Waals surface area contributed by atoms with E-state index in [1.165, 1.54) is 0 Å². The number of H-pyrrole nitrogens is 1. The number of aromatic nitrogens is 6. The van der Waals surface area contributed by atoms with Gasteiger partial charge in [-0.05, 0) is 6.42 Å². The van der Waals surface area contributed by atoms with Gasteiger partial charge in [-0.1, -0.05) is 13.8 Å². The topological polar surface area (TPSA) is 97.8 Å². The van der Waals surface area contributed by atoms with E-state index in [1.54, 1.807) is 12.7 Å². The summed E-state index contributed by atoms with van der Waals surface area (Å²) in [6.45, 7) is 4.70. The van der Waals surface area contributed by atoms with Gasteiger partial charge in [0.2, 0.25) is 0 Å². The van der Waals surface area contributed by atoms with Crippen LogP contribution in [-0.4, -0.2) is 36.1 Å². The van der Waals surface area contributed by atoms with Crippen molar-refractivity contribution < 1.29 is 0 Å². The van der Waals surface area contributed by atoms with E-state index in [4.69, 9.17) is 5.73 Å². The van der Waals surface area contributed by atoms with Crippen LogP contribution in [0.2, 0.25) is 0 Å². The van der Waals surface area contributed by atoms with Gasteiger partial charge >= 0.3 is 0 Å². The van der Waals surface area contributed by atoms with Gasteiger partial charge in [0.1, 0.15) is 17.7 Å². The number of fused-ring (bicyclic) bond motifs is 3. The molecule has 0 saturated heterocycles. The summed E-state index contributed by atoms with van der Waals surface area (Å²) in [5.74, 6) is 0.839. The summed E-state index contributed by atoms with van der Waals surface area (Å²) in [6, 6.07) is 0. The predicted molar refractivity (Wildman–Crippen MR) is 67.1 cm³/mol. The first-order chi connectivity index (χ1) is 8.69. The number of aromatic amines is 1. The maximum absolute atomic E-state index is 5.87. The van der Waals surface area contributed by atoms with Crippen LogP contribution in [0.15, 0.2) is 12.7 Å². The molecule has 7 nitrogen and oxygen atoms in total. The molecule has 1 unspecified atom stereocenters. The molecule has 0 fully saturated rings. The molecule has 0 aliphatic heterocycles. The molecule has 7 heteroatoms. The molecule has 0 amide bonds. The van der Waals surface area contributed by atoms with E-state index in [2.05, 4.69) is 39.0 Å². The molecule has 0 aromatic carbocycles. The zero-order valence-electron chi connectivity index (χ0n) is 10.4. The molecule has 3 rings (SSSR count). The Hall–Kier alpha value is -2.02. The molecule has 3 heterocycles. The van der Waals surface area contributed by atoms with E-state index in [-0.39, 0.29) is 5.41 Å². The van der Waals surface area contributed by atoms with Crippen LogP contribution < -0.4 is 5.73 Å². The minimum Gasteiger partial charge on any atom is -0.340 e. The van der Waals surface area contributed by atoms with Crippen LogP contribution in [-0.2, 0) is 5.41 Å². The predicted octanol–water partition coefficient (Wildman–Crippen LogP) is 0.627. The van der Waals surface area contributed by atoms with E-state index < -0.39 is 0 Å². The number of nitrogens with one attached hydrogen (secondary N) is 1. The van der Waals surface area contributed by atoms with Gasteiger partial charge in [-0.3, -0.25) is 4.40 Å². The summed E-state index contributed by atoms with van der Waals surface area (Å²) >= 11 is 0. The summed E-state index contributed by atoms with van der Waals surface area (Å²) in [6.07, 6.45) is 4.21. The summed E-state index contributed by atoms with van der Waals surface area (Å²) in [5.41, 5.74) is 7.85. The van der Waals surface area contributed by atoms with E-state index >= 15 is 0 Å². The van der Waals surface area contributed by atoms with Gasteiger partial charge in [-0.25, -0.2) is 9.97 Å². The maximum atomic E-state index is 5.87. The molecule has 0 aliphatic rings. The largest absolute Gasteiger partial charge is 0.340 e. The number of hydrogen-bond acceptors (Lipinski definition) is 5. The molecule has 1 atom stereocenters. The van der Waals surface area contributed by atoms with Crippen LogP contribution in [0.5, 0.6) is 0 Å². The second-order valence-electron chi connectivity index (χ2n) is 4.68. The normalized spacial score (nSPS) is 15.3. The second kappa shape index (κ2) is 3.74. The standard InChI is InChI=1S/C11H15N7/c1-3-11(2,4-12)10-17-16-9-7-8(14-5-13-7)15-6-18(9)10/h5-6H,3-4,12H2,1-2H3,(H,13,14). The molecule has 0 aliphatic carbocycles. The van der Waals surface area contributed by atoms with Crippen molar-refractivity contribution in [2.24, 2.45) is 5.73 Å². The van der Waals surface area contributed by atoms with E-state index in [9.17, 15) is 0 Å². The van der Waals surface area contributed by atoms with Gasteiger partial charge in [0.05, 0.1) is 6.33 Å². The molecule has 3 N–H and O–H groups in total. The lowest BCUT2D eigenvalue weighted by molar-refractivity contribution is 0.433. The Labute approximate surface area is 103 Å². The van der Waals surface area contributed by atoms with E-state index in [1.807, 2.05) is 4.40 Å². The first-order valence-electron chi connectivity index (χ1n) is 5.93. The van der Waals surface area contributed by atoms with Crippen LogP contribution in [0.4, 0.5) is 0 Å². The fraction of sp³-hybridized carbons (Fsp3) is 0.455. The lowest BCUT2D eigenvalue weighted by Crippen LogP contribution is -2.33. The second-order valence-corrected chi connectivity index (χ2v) is 4.68. The maximum Gasteiger partial charge on any atom is 0.189 e. The quantitative estimate of drug-likeness (QED) is 0.705. The Balaban J connectivity index is 2.32. The Bertz CT molecular complexity index is 692. The third kappa shape index (κ3) is 1.34. The SMILES string of the molecule is CCC(C)(CN)c1nnc2c3[nH]cnc3ncn12. The molecular weight excluding hydrogens is 230 g/mol. The van der Waals surface area contributed by atoms with Crippen molar-refractivity contribution in [3.8, 4) is 0 Å². The molecular formula is C11H15N7. The van der Waals surface area contributed by atoms with Crippen molar-refractivity contribution in [3.63, 3.8) is 0 Å². The molecule has 3 aromatic rings. The fourth-order valence-electron chi connectivity index (χ4n) is 2.04. The van der Waals surface area contributed by atoms with Gasteiger partial charge < -0.3 is 10.7 Å². The number of nitrogens with two attached hydrogens (primary N) is 1. The fourth-order valence-corrected chi connectivity index (χ4v) is 2.04.